The molecule has 0 aliphatic carbocycles. The molecule has 3 aliphatic rings. The van der Waals surface area contributed by atoms with Crippen LogP contribution >= 0.6 is 0 Å². The number of benzene rings is 2. The molecule has 3 N–H and O–H groups in total. The first-order valence-electron chi connectivity index (χ1n) is 12.2. The van der Waals surface area contributed by atoms with Crippen molar-refractivity contribution in [3.05, 3.63) is 59.7 Å². The number of anilines is 1. The molecule has 0 unspecified atom stereocenters. The van der Waals surface area contributed by atoms with Gasteiger partial charge in [0.15, 0.2) is 5.82 Å². The lowest BCUT2D eigenvalue weighted by molar-refractivity contribution is 0.0337. The maximum Gasteiger partial charge on any atom is 0.250 e. The van der Waals surface area contributed by atoms with Gasteiger partial charge < -0.3 is 25.4 Å². The van der Waals surface area contributed by atoms with Gasteiger partial charge in [-0.25, -0.2) is 4.98 Å². The number of nitrogens with zero attached hydrogens (tertiary/aromatic N) is 4. The third-order valence-corrected chi connectivity index (χ3v) is 6.95. The van der Waals surface area contributed by atoms with E-state index in [1.54, 1.807) is 0 Å². The third-order valence-electron chi connectivity index (χ3n) is 6.95. The minimum absolute atomic E-state index is 0.412. The predicted molar refractivity (Wildman–Crippen MR) is 133 cm³/mol. The molecule has 0 spiro atoms. The van der Waals surface area contributed by atoms with Crippen molar-refractivity contribution in [2.24, 2.45) is 5.73 Å². The number of amides is 1. The number of hydrogen-bond donors (Lipinski definition) is 2. The molecule has 2 aromatic carbocycles. The van der Waals surface area contributed by atoms with E-state index in [9.17, 15) is 4.79 Å². The summed E-state index contributed by atoms with van der Waals surface area (Å²) in [4.78, 5) is 21.7. The fourth-order valence-electron chi connectivity index (χ4n) is 5.09. The fraction of sp³-hybridized carbons (Fsp3) is 0.385. The lowest BCUT2D eigenvalue weighted by Crippen LogP contribution is -2.44. The molecule has 1 amide bonds. The molecule has 0 saturated carbocycles. The number of nitrogens with one attached hydrogen (secondary N) is 1. The molecule has 1 aromatic heterocycles. The van der Waals surface area contributed by atoms with Crippen LogP contribution in [0.3, 0.4) is 0 Å². The molecule has 182 valence electrons. The summed E-state index contributed by atoms with van der Waals surface area (Å²) in [6, 6.07) is 12.1. The summed E-state index contributed by atoms with van der Waals surface area (Å²) in [7, 11) is 0. The van der Waals surface area contributed by atoms with Crippen LogP contribution in [0.25, 0.3) is 16.8 Å². The Labute approximate surface area is 204 Å². The van der Waals surface area contributed by atoms with Gasteiger partial charge in [0.25, 0.3) is 5.91 Å². The number of morpholine rings is 1. The van der Waals surface area contributed by atoms with Crippen LogP contribution in [0.2, 0.25) is 0 Å². The third kappa shape index (κ3) is 4.38. The smallest absolute Gasteiger partial charge is 0.250 e. The number of aromatic nitrogens is 2. The van der Waals surface area contributed by atoms with Crippen molar-refractivity contribution < 1.29 is 14.3 Å². The van der Waals surface area contributed by atoms with Crippen LogP contribution in [0.4, 0.5) is 5.69 Å². The quantitative estimate of drug-likeness (QED) is 0.582. The molecule has 0 bridgehead atoms. The molecule has 2 fully saturated rings. The monoisotopic (exact) mass is 474 g/mol. The first-order chi connectivity index (χ1) is 17.2. The molecule has 35 heavy (non-hydrogen) atoms. The summed E-state index contributed by atoms with van der Waals surface area (Å²) >= 11 is 0. The van der Waals surface area contributed by atoms with E-state index in [1.165, 1.54) is 0 Å². The number of piperazine rings is 1. The highest BCUT2D eigenvalue weighted by Crippen LogP contribution is 2.35. The highest BCUT2D eigenvalue weighted by molar-refractivity contribution is 6.00. The van der Waals surface area contributed by atoms with E-state index in [1.807, 2.05) is 18.2 Å². The van der Waals surface area contributed by atoms with E-state index in [4.69, 9.17) is 20.2 Å². The van der Waals surface area contributed by atoms with Gasteiger partial charge >= 0.3 is 0 Å². The molecule has 9 nitrogen and oxygen atoms in total. The number of fused-ring (bicyclic) bond motifs is 3. The van der Waals surface area contributed by atoms with Crippen molar-refractivity contribution in [2.45, 2.75) is 13.2 Å². The number of nitrogens with two attached hydrogens (primary N) is 1. The zero-order valence-corrected chi connectivity index (χ0v) is 19.7. The van der Waals surface area contributed by atoms with Crippen molar-refractivity contribution in [1.82, 2.24) is 19.8 Å². The molecule has 9 heteroatoms. The highest BCUT2D eigenvalue weighted by Gasteiger charge is 2.22. The standard InChI is InChI=1S/C26H30N6O3/c27-26(33)21-13-18(1-3-22(21)31-7-5-28-6-8-31)19-2-4-23-24(14-19)35-17-25-29-20(16-32(23)25)15-30-9-11-34-12-10-30/h1-4,13-14,16,28H,5-12,15,17H2,(H2,27,33). The second kappa shape index (κ2) is 9.33. The lowest BCUT2D eigenvalue weighted by Gasteiger charge is -2.31. The minimum atomic E-state index is -0.412. The summed E-state index contributed by atoms with van der Waals surface area (Å²) in [5.74, 6) is 1.30. The van der Waals surface area contributed by atoms with Crippen LogP contribution < -0.4 is 20.7 Å². The van der Waals surface area contributed by atoms with Crippen LogP contribution in [0, 0.1) is 0 Å². The Hall–Kier alpha value is -3.40. The van der Waals surface area contributed by atoms with Gasteiger partial charge in [-0.2, -0.15) is 0 Å². The van der Waals surface area contributed by atoms with Gasteiger partial charge in [-0.3, -0.25) is 14.3 Å². The van der Waals surface area contributed by atoms with Gasteiger partial charge in [-0.05, 0) is 35.4 Å². The Morgan fingerprint density at radius 3 is 2.51 bits per heavy atom. The maximum atomic E-state index is 12.3. The number of primary amides is 1. The molecule has 2 saturated heterocycles. The van der Waals surface area contributed by atoms with E-state index in [-0.39, 0.29) is 0 Å². The minimum Gasteiger partial charge on any atom is -0.483 e. The van der Waals surface area contributed by atoms with Gasteiger partial charge in [-0.15, -0.1) is 0 Å². The molecule has 3 aliphatic heterocycles. The lowest BCUT2D eigenvalue weighted by atomic mass is 9.99. The Bertz CT molecular complexity index is 1240. The maximum absolute atomic E-state index is 12.3. The first-order valence-corrected chi connectivity index (χ1v) is 12.2. The van der Waals surface area contributed by atoms with Crippen molar-refractivity contribution in [1.29, 1.82) is 0 Å². The Kier molecular flexibility index (Phi) is 5.89. The Morgan fingerprint density at radius 1 is 1.00 bits per heavy atom. The second-order valence-electron chi connectivity index (χ2n) is 9.21. The molecule has 3 aromatic rings. The van der Waals surface area contributed by atoms with E-state index >= 15 is 0 Å². The van der Waals surface area contributed by atoms with E-state index < -0.39 is 5.91 Å². The molecule has 6 rings (SSSR count). The number of imidazole rings is 1. The van der Waals surface area contributed by atoms with E-state index in [0.29, 0.717) is 12.2 Å². The number of hydrogen-bond acceptors (Lipinski definition) is 7. The molecule has 0 radical (unpaired) electrons. The summed E-state index contributed by atoms with van der Waals surface area (Å²) in [6.07, 6.45) is 2.11. The van der Waals surface area contributed by atoms with Crippen LogP contribution in [0.1, 0.15) is 21.9 Å². The van der Waals surface area contributed by atoms with E-state index in [2.05, 4.69) is 44.1 Å². The number of rotatable bonds is 5. The molecule has 0 atom stereocenters. The van der Waals surface area contributed by atoms with Crippen molar-refractivity contribution in [2.75, 3.05) is 57.4 Å². The molecule has 4 heterocycles. The van der Waals surface area contributed by atoms with Crippen LogP contribution in [-0.2, 0) is 17.9 Å². The summed E-state index contributed by atoms with van der Waals surface area (Å²) in [5, 5.41) is 3.34. The van der Waals surface area contributed by atoms with Crippen molar-refractivity contribution >= 4 is 11.6 Å². The number of ether oxygens (including phenoxy) is 2. The fourth-order valence-corrected chi connectivity index (χ4v) is 5.09. The zero-order chi connectivity index (χ0) is 23.8. The average Bonchev–Trinajstić information content (AvgIpc) is 3.32. The van der Waals surface area contributed by atoms with Gasteiger partial charge in [0.05, 0.1) is 30.2 Å². The summed E-state index contributed by atoms with van der Waals surface area (Å²) in [5.41, 5.74) is 11.2. The largest absolute Gasteiger partial charge is 0.483 e. The molecular weight excluding hydrogens is 444 g/mol. The summed E-state index contributed by atoms with van der Waals surface area (Å²) < 4.78 is 13.7. The number of carbonyl (C=O) groups excluding carboxylic acids is 1. The Morgan fingerprint density at radius 2 is 1.74 bits per heavy atom. The topological polar surface area (TPSA) is 97.9 Å². The van der Waals surface area contributed by atoms with Gasteiger partial charge in [0, 0.05) is 57.7 Å². The highest BCUT2D eigenvalue weighted by atomic mass is 16.5. The normalized spacial score (nSPS) is 18.0. The van der Waals surface area contributed by atoms with E-state index in [0.717, 1.165) is 98.8 Å². The van der Waals surface area contributed by atoms with Gasteiger partial charge in [0.1, 0.15) is 12.4 Å². The Balaban J connectivity index is 1.28. The average molecular weight is 475 g/mol. The van der Waals surface area contributed by atoms with Crippen molar-refractivity contribution in [3.8, 4) is 22.6 Å². The zero-order valence-electron chi connectivity index (χ0n) is 19.7. The summed E-state index contributed by atoms with van der Waals surface area (Å²) in [6.45, 7) is 8.14. The van der Waals surface area contributed by atoms with Crippen LogP contribution in [-0.4, -0.2) is 72.8 Å². The van der Waals surface area contributed by atoms with Gasteiger partial charge in [-0.1, -0.05) is 12.1 Å². The predicted octanol–water partition coefficient (Wildman–Crippen LogP) is 1.77. The number of carbonyl (C=O) groups is 1. The molecular formula is C26H30N6O3. The van der Waals surface area contributed by atoms with Crippen LogP contribution in [0.15, 0.2) is 42.6 Å². The first kappa shape index (κ1) is 22.1. The van der Waals surface area contributed by atoms with Gasteiger partial charge in [0.2, 0.25) is 0 Å². The van der Waals surface area contributed by atoms with Crippen molar-refractivity contribution in [3.63, 3.8) is 0 Å². The van der Waals surface area contributed by atoms with Crippen LogP contribution in [0.5, 0.6) is 5.75 Å². The SMILES string of the molecule is NC(=O)c1cc(-c2ccc3c(c2)OCc2nc(CN4CCOCC4)cn2-3)ccc1N1CCNCC1. The second-order valence-corrected chi connectivity index (χ2v) is 9.21.